The zero-order valence-electron chi connectivity index (χ0n) is 11.6. The van der Waals surface area contributed by atoms with E-state index in [0.717, 1.165) is 5.56 Å². The molecule has 0 saturated carbocycles. The standard InChI is InChI=1S/C16H14ClFN4/c17-14-7-6-13(18)8-12(14)9-19-15(16-20-10-21-22-16)11-4-2-1-3-5-11/h1-8,10,15,19H,9H2,(H,20,21,22)/t15-/m1/s1. The maximum absolute atomic E-state index is 13.4. The topological polar surface area (TPSA) is 53.6 Å². The largest absolute Gasteiger partial charge is 0.299 e. The number of rotatable bonds is 5. The predicted molar refractivity (Wildman–Crippen MR) is 82.9 cm³/mol. The van der Waals surface area contributed by atoms with Gasteiger partial charge < -0.3 is 0 Å². The van der Waals surface area contributed by atoms with Crippen LogP contribution < -0.4 is 5.32 Å². The molecule has 3 rings (SSSR count). The van der Waals surface area contributed by atoms with Gasteiger partial charge in [0.15, 0.2) is 0 Å². The van der Waals surface area contributed by atoms with Crippen molar-refractivity contribution >= 4 is 11.6 Å². The normalized spacial score (nSPS) is 12.3. The first kappa shape index (κ1) is 14.7. The van der Waals surface area contributed by atoms with Gasteiger partial charge in [0.1, 0.15) is 18.0 Å². The SMILES string of the molecule is Fc1ccc(Cl)c(CN[C@H](c2ccccc2)c2ncn[nH]2)c1. The Balaban J connectivity index is 1.84. The quantitative estimate of drug-likeness (QED) is 0.757. The van der Waals surface area contributed by atoms with Crippen LogP contribution in [0.15, 0.2) is 54.9 Å². The summed E-state index contributed by atoms with van der Waals surface area (Å²) in [5.74, 6) is 0.385. The molecule has 1 aromatic heterocycles. The summed E-state index contributed by atoms with van der Waals surface area (Å²) < 4.78 is 13.4. The number of halogens is 2. The molecule has 0 aliphatic heterocycles. The van der Waals surface area contributed by atoms with E-state index in [9.17, 15) is 4.39 Å². The van der Waals surface area contributed by atoms with Gasteiger partial charge in [0.05, 0.1) is 6.04 Å². The number of aromatic amines is 1. The van der Waals surface area contributed by atoms with Crippen molar-refractivity contribution in [1.82, 2.24) is 20.5 Å². The Hall–Kier alpha value is -2.24. The molecule has 1 heterocycles. The van der Waals surface area contributed by atoms with E-state index in [4.69, 9.17) is 11.6 Å². The molecule has 0 aliphatic carbocycles. The number of benzene rings is 2. The molecule has 0 unspecified atom stereocenters. The van der Waals surface area contributed by atoms with Crippen LogP contribution in [0.3, 0.4) is 0 Å². The van der Waals surface area contributed by atoms with E-state index >= 15 is 0 Å². The molecule has 0 amide bonds. The lowest BCUT2D eigenvalue weighted by Gasteiger charge is -2.17. The molecular formula is C16H14ClFN4. The second-order valence-corrected chi connectivity index (χ2v) is 5.24. The molecule has 0 fully saturated rings. The molecule has 112 valence electrons. The van der Waals surface area contributed by atoms with Gasteiger partial charge in [-0.15, -0.1) is 0 Å². The molecule has 1 atom stereocenters. The first-order chi connectivity index (χ1) is 10.7. The Labute approximate surface area is 132 Å². The maximum atomic E-state index is 13.4. The Bertz CT molecular complexity index is 731. The van der Waals surface area contributed by atoms with Gasteiger partial charge in [-0.3, -0.25) is 10.4 Å². The van der Waals surface area contributed by atoms with Gasteiger partial charge in [-0.2, -0.15) is 5.10 Å². The van der Waals surface area contributed by atoms with Crippen LogP contribution in [0.1, 0.15) is 23.0 Å². The average Bonchev–Trinajstić information content (AvgIpc) is 3.06. The number of hydrogen-bond acceptors (Lipinski definition) is 3. The van der Waals surface area contributed by atoms with Crippen molar-refractivity contribution in [2.24, 2.45) is 0 Å². The second kappa shape index (κ2) is 6.68. The van der Waals surface area contributed by atoms with Crippen LogP contribution in [0.4, 0.5) is 4.39 Å². The van der Waals surface area contributed by atoms with E-state index in [1.54, 1.807) is 6.07 Å². The monoisotopic (exact) mass is 316 g/mol. The van der Waals surface area contributed by atoms with Crippen molar-refractivity contribution < 1.29 is 4.39 Å². The lowest BCUT2D eigenvalue weighted by atomic mass is 10.1. The summed E-state index contributed by atoms with van der Waals surface area (Å²) in [6, 6.07) is 14.0. The highest BCUT2D eigenvalue weighted by atomic mass is 35.5. The first-order valence-electron chi connectivity index (χ1n) is 6.81. The number of aromatic nitrogens is 3. The second-order valence-electron chi connectivity index (χ2n) is 4.83. The van der Waals surface area contributed by atoms with Crippen LogP contribution in [0.25, 0.3) is 0 Å². The molecular weight excluding hydrogens is 303 g/mol. The number of nitrogens with zero attached hydrogens (tertiary/aromatic N) is 2. The van der Waals surface area contributed by atoms with Gasteiger partial charge >= 0.3 is 0 Å². The van der Waals surface area contributed by atoms with Gasteiger partial charge in [-0.05, 0) is 29.3 Å². The first-order valence-corrected chi connectivity index (χ1v) is 7.19. The molecule has 4 nitrogen and oxygen atoms in total. The Morgan fingerprint density at radius 2 is 2.00 bits per heavy atom. The van der Waals surface area contributed by atoms with Crippen molar-refractivity contribution in [3.63, 3.8) is 0 Å². The Morgan fingerprint density at radius 1 is 1.18 bits per heavy atom. The van der Waals surface area contributed by atoms with Crippen LogP contribution in [0, 0.1) is 5.82 Å². The molecule has 0 aliphatic rings. The van der Waals surface area contributed by atoms with E-state index in [1.807, 2.05) is 30.3 Å². The third-order valence-electron chi connectivity index (χ3n) is 3.34. The summed E-state index contributed by atoms with van der Waals surface area (Å²) in [7, 11) is 0. The van der Waals surface area contributed by atoms with Gasteiger partial charge in [0.2, 0.25) is 0 Å². The van der Waals surface area contributed by atoms with Crippen LogP contribution in [0.2, 0.25) is 5.02 Å². The van der Waals surface area contributed by atoms with E-state index in [0.29, 0.717) is 23.0 Å². The van der Waals surface area contributed by atoms with Gasteiger partial charge in [-0.25, -0.2) is 9.37 Å². The summed E-state index contributed by atoms with van der Waals surface area (Å²) in [6.45, 7) is 0.414. The van der Waals surface area contributed by atoms with Crippen molar-refractivity contribution in [3.05, 3.63) is 82.6 Å². The molecule has 2 aromatic carbocycles. The minimum absolute atomic E-state index is 0.178. The summed E-state index contributed by atoms with van der Waals surface area (Å²) in [4.78, 5) is 4.21. The zero-order valence-corrected chi connectivity index (χ0v) is 12.4. The fraction of sp³-hybridized carbons (Fsp3) is 0.125. The Kier molecular flexibility index (Phi) is 4.46. The van der Waals surface area contributed by atoms with Gasteiger partial charge in [-0.1, -0.05) is 41.9 Å². The van der Waals surface area contributed by atoms with Crippen LogP contribution in [0.5, 0.6) is 0 Å². The molecule has 0 spiro atoms. The number of nitrogens with one attached hydrogen (secondary N) is 2. The van der Waals surface area contributed by atoms with Crippen molar-refractivity contribution in [2.45, 2.75) is 12.6 Å². The third-order valence-corrected chi connectivity index (χ3v) is 3.71. The van der Waals surface area contributed by atoms with E-state index in [-0.39, 0.29) is 11.9 Å². The average molecular weight is 317 g/mol. The zero-order chi connectivity index (χ0) is 15.4. The fourth-order valence-corrected chi connectivity index (χ4v) is 2.45. The number of H-pyrrole nitrogens is 1. The van der Waals surface area contributed by atoms with Crippen LogP contribution in [-0.4, -0.2) is 15.2 Å². The minimum atomic E-state index is -0.308. The molecule has 22 heavy (non-hydrogen) atoms. The molecule has 3 aromatic rings. The summed E-state index contributed by atoms with van der Waals surface area (Å²) in [5, 5.41) is 10.6. The molecule has 2 N–H and O–H groups in total. The lowest BCUT2D eigenvalue weighted by Crippen LogP contribution is -2.23. The third kappa shape index (κ3) is 3.32. The van der Waals surface area contributed by atoms with E-state index < -0.39 is 0 Å². The fourth-order valence-electron chi connectivity index (χ4n) is 2.26. The lowest BCUT2D eigenvalue weighted by molar-refractivity contribution is 0.572. The van der Waals surface area contributed by atoms with Gasteiger partial charge in [0.25, 0.3) is 0 Å². The van der Waals surface area contributed by atoms with Gasteiger partial charge in [0, 0.05) is 11.6 Å². The maximum Gasteiger partial charge on any atom is 0.145 e. The summed E-state index contributed by atoms with van der Waals surface area (Å²) in [6.07, 6.45) is 1.46. The number of hydrogen-bond donors (Lipinski definition) is 2. The highest BCUT2D eigenvalue weighted by Gasteiger charge is 2.16. The summed E-state index contributed by atoms with van der Waals surface area (Å²) in [5.41, 5.74) is 1.73. The van der Waals surface area contributed by atoms with Crippen LogP contribution >= 0.6 is 11.6 Å². The summed E-state index contributed by atoms with van der Waals surface area (Å²) >= 11 is 6.11. The van der Waals surface area contributed by atoms with Crippen molar-refractivity contribution in [1.29, 1.82) is 0 Å². The van der Waals surface area contributed by atoms with Crippen molar-refractivity contribution in [2.75, 3.05) is 0 Å². The highest BCUT2D eigenvalue weighted by molar-refractivity contribution is 6.31. The van der Waals surface area contributed by atoms with Crippen molar-refractivity contribution in [3.8, 4) is 0 Å². The molecule has 0 radical (unpaired) electrons. The minimum Gasteiger partial charge on any atom is -0.299 e. The van der Waals surface area contributed by atoms with E-state index in [1.165, 1.54) is 18.5 Å². The predicted octanol–water partition coefficient (Wildman–Crippen LogP) is 3.48. The van der Waals surface area contributed by atoms with Crippen LogP contribution in [-0.2, 0) is 6.54 Å². The molecule has 0 bridgehead atoms. The molecule has 6 heteroatoms. The van der Waals surface area contributed by atoms with E-state index in [2.05, 4.69) is 20.5 Å². The Morgan fingerprint density at radius 3 is 2.73 bits per heavy atom. The smallest absolute Gasteiger partial charge is 0.145 e. The molecule has 0 saturated heterocycles. The highest BCUT2D eigenvalue weighted by Crippen LogP contribution is 2.21.